The van der Waals surface area contributed by atoms with Gasteiger partial charge in [0.25, 0.3) is 0 Å². The topological polar surface area (TPSA) is 136 Å². The molecule has 220 valence electrons. The highest BCUT2D eigenvalue weighted by atomic mass is 16.7. The van der Waals surface area contributed by atoms with Gasteiger partial charge in [0.1, 0.15) is 12.6 Å². The Bertz CT molecular complexity index is 916. The number of benzene rings is 1. The van der Waals surface area contributed by atoms with E-state index in [9.17, 15) is 19.2 Å². The van der Waals surface area contributed by atoms with E-state index < -0.39 is 24.3 Å². The number of methoxy groups -OCH3 is 1. The molecule has 0 saturated carbocycles. The molecule has 0 aliphatic heterocycles. The molecule has 1 aromatic carbocycles. The van der Waals surface area contributed by atoms with Gasteiger partial charge in [-0.15, -0.1) is 0 Å². The van der Waals surface area contributed by atoms with E-state index in [4.69, 9.17) is 28.4 Å². The van der Waals surface area contributed by atoms with Crippen LogP contribution in [0.25, 0.3) is 0 Å². The Hall–Kier alpha value is -3.34. The van der Waals surface area contributed by atoms with Crippen molar-refractivity contribution in [3.8, 4) is 11.5 Å². The third-order valence-corrected chi connectivity index (χ3v) is 5.13. The number of ether oxygens (including phenoxy) is 6. The summed E-state index contributed by atoms with van der Waals surface area (Å²) in [4.78, 5) is 48.5. The van der Waals surface area contributed by atoms with Crippen LogP contribution in [0.4, 0.5) is 9.59 Å². The molecule has 0 radical (unpaired) electrons. The Morgan fingerprint density at radius 2 is 1.46 bits per heavy atom. The lowest BCUT2D eigenvalue weighted by molar-refractivity contribution is -0.144. The van der Waals surface area contributed by atoms with Crippen LogP contribution in [0.5, 0.6) is 11.5 Å². The van der Waals surface area contributed by atoms with Crippen molar-refractivity contribution >= 4 is 24.2 Å². The molecule has 1 rings (SSSR count). The summed E-state index contributed by atoms with van der Waals surface area (Å²) in [6.45, 7) is 10.2. The second-order valence-corrected chi connectivity index (χ2v) is 9.81. The lowest BCUT2D eigenvalue weighted by Gasteiger charge is -2.18. The first-order valence-corrected chi connectivity index (χ1v) is 13.3. The number of carbonyl (C=O) groups excluding carboxylic acids is 4. The summed E-state index contributed by atoms with van der Waals surface area (Å²) < 4.78 is 30.8. The Morgan fingerprint density at radius 1 is 0.846 bits per heavy atom. The highest BCUT2D eigenvalue weighted by Crippen LogP contribution is 2.30. The summed E-state index contributed by atoms with van der Waals surface area (Å²) in [6, 6.07) is 3.73. The first kappa shape index (κ1) is 33.7. The van der Waals surface area contributed by atoms with Crippen LogP contribution in [0.2, 0.25) is 0 Å². The van der Waals surface area contributed by atoms with Crippen LogP contribution in [-0.2, 0) is 35.0 Å². The summed E-state index contributed by atoms with van der Waals surface area (Å²) in [5.41, 5.74) is 0.573. The number of nitrogens with one attached hydrogen (secondary N) is 1. The van der Waals surface area contributed by atoms with Crippen molar-refractivity contribution < 1.29 is 47.6 Å². The molecule has 0 spiro atoms. The molecule has 0 aliphatic rings. The van der Waals surface area contributed by atoms with Gasteiger partial charge in [-0.25, -0.2) is 9.59 Å². The minimum Gasteiger partial charge on any atom is -0.468 e. The summed E-state index contributed by atoms with van der Waals surface area (Å²) in [7, 11) is 1.27. The molecule has 1 N–H and O–H groups in total. The normalized spacial score (nSPS) is 11.6. The van der Waals surface area contributed by atoms with Gasteiger partial charge in [0.2, 0.25) is 0 Å². The molecule has 0 aromatic heterocycles. The molecule has 1 atom stereocenters. The van der Waals surface area contributed by atoms with E-state index in [1.807, 2.05) is 27.7 Å². The van der Waals surface area contributed by atoms with Crippen molar-refractivity contribution in [1.82, 2.24) is 5.32 Å². The monoisotopic (exact) mass is 553 g/mol. The van der Waals surface area contributed by atoms with Gasteiger partial charge in [0.15, 0.2) is 11.5 Å². The van der Waals surface area contributed by atoms with Crippen molar-refractivity contribution in [2.24, 2.45) is 11.8 Å². The molecule has 0 aliphatic carbocycles. The van der Waals surface area contributed by atoms with Crippen LogP contribution >= 0.6 is 0 Å². The van der Waals surface area contributed by atoms with Crippen LogP contribution in [-0.4, -0.2) is 63.8 Å². The number of hydrogen-bond donors (Lipinski definition) is 1. The minimum absolute atomic E-state index is 0.0495. The quantitative estimate of drug-likeness (QED) is 0.123. The maximum absolute atomic E-state index is 12.4. The maximum atomic E-state index is 12.4. The van der Waals surface area contributed by atoms with Gasteiger partial charge < -0.3 is 33.7 Å². The fourth-order valence-corrected chi connectivity index (χ4v) is 3.16. The number of unbranched alkanes of at least 4 members (excludes halogenated alkanes) is 2. The van der Waals surface area contributed by atoms with E-state index in [2.05, 4.69) is 12.2 Å². The fourth-order valence-electron chi connectivity index (χ4n) is 3.16. The third kappa shape index (κ3) is 15.0. The van der Waals surface area contributed by atoms with E-state index in [0.29, 0.717) is 12.0 Å². The summed E-state index contributed by atoms with van der Waals surface area (Å²) in [6.07, 6.45) is 1.33. The summed E-state index contributed by atoms with van der Waals surface area (Å²) in [5.74, 6) is -0.741. The SMILES string of the molecule is CCCCCC(=O)OCCN[C@@H](Cc1ccc(OC(=O)OCC(C)C)c(OC(=O)OCC(C)C)c1)C(=O)OC. The minimum atomic E-state index is -0.968. The van der Waals surface area contributed by atoms with Gasteiger partial charge in [0, 0.05) is 13.0 Å². The first-order valence-electron chi connectivity index (χ1n) is 13.3. The van der Waals surface area contributed by atoms with Crippen LogP contribution in [0.3, 0.4) is 0 Å². The van der Waals surface area contributed by atoms with Crippen molar-refractivity contribution in [3.63, 3.8) is 0 Å². The van der Waals surface area contributed by atoms with Gasteiger partial charge in [0.05, 0.1) is 20.3 Å². The predicted octanol–water partition coefficient (Wildman–Crippen LogP) is 4.83. The van der Waals surface area contributed by atoms with E-state index >= 15 is 0 Å². The molecule has 39 heavy (non-hydrogen) atoms. The van der Waals surface area contributed by atoms with E-state index in [-0.39, 0.29) is 62.1 Å². The van der Waals surface area contributed by atoms with Crippen molar-refractivity contribution in [2.75, 3.05) is 33.5 Å². The summed E-state index contributed by atoms with van der Waals surface area (Å²) in [5, 5.41) is 3.02. The Morgan fingerprint density at radius 3 is 2.03 bits per heavy atom. The van der Waals surface area contributed by atoms with Crippen molar-refractivity contribution in [2.45, 2.75) is 72.8 Å². The maximum Gasteiger partial charge on any atom is 0.513 e. The number of esters is 2. The molecule has 0 unspecified atom stereocenters. The Labute approximate surface area is 230 Å². The average molecular weight is 554 g/mol. The van der Waals surface area contributed by atoms with Gasteiger partial charge in [-0.1, -0.05) is 53.5 Å². The molecule has 0 bridgehead atoms. The second kappa shape index (κ2) is 18.8. The molecule has 1 aromatic rings. The van der Waals surface area contributed by atoms with Crippen molar-refractivity contribution in [1.29, 1.82) is 0 Å². The largest absolute Gasteiger partial charge is 0.513 e. The molecular formula is C28H43NO10. The standard InChI is InChI=1S/C28H43NO10/c1-7-8-9-10-25(30)35-14-13-29-22(26(31)34-6)15-21-11-12-23(38-27(32)36-17-19(2)3)24(16-21)39-28(33)37-18-20(4)5/h11-12,16,19-20,22,29H,7-10,13-15,17-18H2,1-6H3/t22-/m0/s1. The van der Waals surface area contributed by atoms with Crippen molar-refractivity contribution in [3.05, 3.63) is 23.8 Å². The lowest BCUT2D eigenvalue weighted by Crippen LogP contribution is -2.41. The van der Waals surface area contributed by atoms with Gasteiger partial charge in [-0.3, -0.25) is 9.59 Å². The van der Waals surface area contributed by atoms with Crippen LogP contribution in [0.15, 0.2) is 18.2 Å². The molecule has 0 heterocycles. The average Bonchev–Trinajstić information content (AvgIpc) is 2.89. The highest BCUT2D eigenvalue weighted by molar-refractivity contribution is 5.76. The molecule has 11 nitrogen and oxygen atoms in total. The van der Waals surface area contributed by atoms with Gasteiger partial charge in [-0.05, 0) is 42.4 Å². The van der Waals surface area contributed by atoms with Gasteiger partial charge in [-0.2, -0.15) is 0 Å². The van der Waals surface area contributed by atoms with Crippen LogP contribution < -0.4 is 14.8 Å². The smallest absolute Gasteiger partial charge is 0.468 e. The molecule has 11 heteroatoms. The number of rotatable bonds is 17. The lowest BCUT2D eigenvalue weighted by atomic mass is 10.1. The van der Waals surface area contributed by atoms with Crippen LogP contribution in [0, 0.1) is 11.8 Å². The molecule has 0 fully saturated rings. The zero-order valence-corrected chi connectivity index (χ0v) is 23.9. The van der Waals surface area contributed by atoms with E-state index in [0.717, 1.165) is 19.3 Å². The molecule has 0 amide bonds. The second-order valence-electron chi connectivity index (χ2n) is 9.81. The molecular weight excluding hydrogens is 510 g/mol. The van der Waals surface area contributed by atoms with E-state index in [1.54, 1.807) is 6.07 Å². The van der Waals surface area contributed by atoms with E-state index in [1.165, 1.54) is 19.2 Å². The van der Waals surface area contributed by atoms with Gasteiger partial charge >= 0.3 is 24.2 Å². The fraction of sp³-hybridized carbons (Fsp3) is 0.643. The van der Waals surface area contributed by atoms with Crippen LogP contribution in [0.1, 0.15) is 65.9 Å². The highest BCUT2D eigenvalue weighted by Gasteiger charge is 2.22. The zero-order chi connectivity index (χ0) is 29.2. The third-order valence-electron chi connectivity index (χ3n) is 5.13. The first-order chi connectivity index (χ1) is 18.5. The number of hydrogen-bond acceptors (Lipinski definition) is 11. The number of carbonyl (C=O) groups is 4. The molecule has 0 saturated heterocycles. The summed E-state index contributed by atoms with van der Waals surface area (Å²) >= 11 is 0. The Kier molecular flexibility index (Phi) is 16.3. The predicted molar refractivity (Wildman–Crippen MR) is 143 cm³/mol. The zero-order valence-electron chi connectivity index (χ0n) is 23.9. The Balaban J connectivity index is 2.93.